The Bertz CT molecular complexity index is 308. The van der Waals surface area contributed by atoms with Crippen LogP contribution < -0.4 is 5.73 Å². The minimum Gasteiger partial charge on any atom is -0.384 e. The average Bonchev–Trinajstić information content (AvgIpc) is 2.98. The summed E-state index contributed by atoms with van der Waals surface area (Å²) in [6.07, 6.45) is 5.17. The molecule has 1 radical (unpaired) electrons. The van der Waals surface area contributed by atoms with Crippen molar-refractivity contribution in [1.29, 1.82) is 0 Å². The first-order chi connectivity index (χ1) is 6.33. The quantitative estimate of drug-likeness (QED) is 0.744. The van der Waals surface area contributed by atoms with Crippen molar-refractivity contribution >= 4 is 5.82 Å². The van der Waals surface area contributed by atoms with E-state index < -0.39 is 0 Å². The maximum Gasteiger partial charge on any atom is 0.123 e. The van der Waals surface area contributed by atoms with Crippen molar-refractivity contribution in [2.45, 2.75) is 37.5 Å². The fourth-order valence-electron chi connectivity index (χ4n) is 1.71. The molecule has 2 saturated carbocycles. The maximum atomic E-state index is 5.76. The molecule has 3 rings (SSSR count). The first kappa shape index (κ1) is 7.36. The number of nitrogen functional groups attached to an aromatic ring is 1. The van der Waals surface area contributed by atoms with Gasteiger partial charge in [0.2, 0.25) is 0 Å². The first-order valence-electron chi connectivity index (χ1n) is 5.02. The number of pyridine rings is 1. The monoisotopic (exact) mass is 173 g/mol. The SMILES string of the molecule is Nc1cc(C2CC2)[c]c(C2CC2)n1. The zero-order valence-electron chi connectivity index (χ0n) is 7.59. The highest BCUT2D eigenvalue weighted by atomic mass is 14.8. The molecule has 2 fully saturated rings. The molecule has 0 atom stereocenters. The van der Waals surface area contributed by atoms with Crippen molar-refractivity contribution in [2.75, 3.05) is 5.73 Å². The fourth-order valence-corrected chi connectivity index (χ4v) is 1.71. The molecule has 0 amide bonds. The molecule has 67 valence electrons. The third-order valence-electron chi connectivity index (χ3n) is 2.81. The Morgan fingerprint density at radius 3 is 2.54 bits per heavy atom. The third kappa shape index (κ3) is 1.41. The van der Waals surface area contributed by atoms with Crippen LogP contribution in [0.2, 0.25) is 0 Å². The summed E-state index contributed by atoms with van der Waals surface area (Å²) < 4.78 is 0. The second-order valence-corrected chi connectivity index (χ2v) is 4.20. The standard InChI is InChI=1S/C11H13N2/c12-11-6-9(7-1-2-7)5-10(13-11)8-3-4-8/h6-8H,1-4H2,(H2,12,13). The zero-order chi connectivity index (χ0) is 8.84. The first-order valence-corrected chi connectivity index (χ1v) is 5.02. The van der Waals surface area contributed by atoms with Gasteiger partial charge in [0, 0.05) is 12.0 Å². The van der Waals surface area contributed by atoms with E-state index in [1.54, 1.807) is 0 Å². The van der Waals surface area contributed by atoms with Crippen molar-refractivity contribution in [3.63, 3.8) is 0 Å². The molecule has 1 aromatic rings. The van der Waals surface area contributed by atoms with Crippen molar-refractivity contribution in [3.05, 3.63) is 23.4 Å². The minimum absolute atomic E-state index is 0.668. The number of anilines is 1. The number of hydrogen-bond acceptors (Lipinski definition) is 2. The van der Waals surface area contributed by atoms with Crippen LogP contribution in [0.5, 0.6) is 0 Å². The van der Waals surface area contributed by atoms with Crippen molar-refractivity contribution in [3.8, 4) is 0 Å². The Morgan fingerprint density at radius 1 is 1.23 bits per heavy atom. The second-order valence-electron chi connectivity index (χ2n) is 4.20. The number of rotatable bonds is 2. The summed E-state index contributed by atoms with van der Waals surface area (Å²) in [5.41, 5.74) is 8.17. The third-order valence-corrected chi connectivity index (χ3v) is 2.81. The largest absolute Gasteiger partial charge is 0.384 e. The lowest BCUT2D eigenvalue weighted by molar-refractivity contribution is 0.992. The summed E-state index contributed by atoms with van der Waals surface area (Å²) in [6, 6.07) is 5.41. The van der Waals surface area contributed by atoms with E-state index in [1.807, 2.05) is 6.07 Å². The summed E-state index contributed by atoms with van der Waals surface area (Å²) in [4.78, 5) is 4.33. The molecule has 1 heterocycles. The van der Waals surface area contributed by atoms with Crippen molar-refractivity contribution in [2.24, 2.45) is 0 Å². The Morgan fingerprint density at radius 2 is 1.92 bits per heavy atom. The van der Waals surface area contributed by atoms with Gasteiger partial charge in [0.1, 0.15) is 5.82 Å². The van der Waals surface area contributed by atoms with Crippen LogP contribution in [0.3, 0.4) is 0 Å². The number of nitrogens with zero attached hydrogens (tertiary/aromatic N) is 1. The molecule has 0 saturated heterocycles. The topological polar surface area (TPSA) is 38.9 Å². The molecule has 2 aliphatic rings. The molecule has 0 bridgehead atoms. The lowest BCUT2D eigenvalue weighted by Gasteiger charge is -2.03. The summed E-state index contributed by atoms with van der Waals surface area (Å²) in [7, 11) is 0. The number of nitrogens with two attached hydrogens (primary N) is 1. The van der Waals surface area contributed by atoms with Gasteiger partial charge in [-0.3, -0.25) is 0 Å². The fraction of sp³-hybridized carbons (Fsp3) is 0.545. The molecule has 2 nitrogen and oxygen atoms in total. The minimum atomic E-state index is 0.668. The summed E-state index contributed by atoms with van der Waals surface area (Å²) in [6.45, 7) is 0. The Kier molecular flexibility index (Phi) is 1.40. The van der Waals surface area contributed by atoms with Crippen molar-refractivity contribution < 1.29 is 0 Å². The second kappa shape index (κ2) is 2.47. The molecule has 2 N–H and O–H groups in total. The van der Waals surface area contributed by atoms with E-state index >= 15 is 0 Å². The predicted octanol–water partition coefficient (Wildman–Crippen LogP) is 2.22. The normalized spacial score (nSPS) is 21.8. The van der Waals surface area contributed by atoms with E-state index in [1.165, 1.54) is 31.2 Å². The molecule has 2 heteroatoms. The van der Waals surface area contributed by atoms with E-state index in [9.17, 15) is 0 Å². The van der Waals surface area contributed by atoms with Gasteiger partial charge in [-0.1, -0.05) is 0 Å². The highest BCUT2D eigenvalue weighted by Crippen LogP contribution is 2.44. The lowest BCUT2D eigenvalue weighted by Crippen LogP contribution is -1.97. The molecule has 1 aromatic heterocycles. The van der Waals surface area contributed by atoms with Crippen LogP contribution in [-0.2, 0) is 0 Å². The maximum absolute atomic E-state index is 5.76. The number of hydrogen-bond donors (Lipinski definition) is 1. The van der Waals surface area contributed by atoms with Crippen LogP contribution in [0.4, 0.5) is 5.82 Å². The smallest absolute Gasteiger partial charge is 0.123 e. The van der Waals surface area contributed by atoms with Gasteiger partial charge in [-0.05, 0) is 43.2 Å². The van der Waals surface area contributed by atoms with Gasteiger partial charge >= 0.3 is 0 Å². The molecular formula is C11H13N2. The summed E-state index contributed by atoms with van der Waals surface area (Å²) in [5, 5.41) is 0. The number of aromatic nitrogens is 1. The van der Waals surface area contributed by atoms with Gasteiger partial charge < -0.3 is 5.73 Å². The van der Waals surface area contributed by atoms with Gasteiger partial charge in [0.05, 0.1) is 5.69 Å². The van der Waals surface area contributed by atoms with Crippen LogP contribution in [0.1, 0.15) is 48.8 Å². The summed E-state index contributed by atoms with van der Waals surface area (Å²) in [5.74, 6) is 2.09. The molecule has 2 aliphatic carbocycles. The van der Waals surface area contributed by atoms with E-state index in [2.05, 4.69) is 11.1 Å². The highest BCUT2D eigenvalue weighted by Gasteiger charge is 2.29. The van der Waals surface area contributed by atoms with Crippen LogP contribution in [0, 0.1) is 6.07 Å². The van der Waals surface area contributed by atoms with E-state index in [0.717, 1.165) is 11.6 Å². The van der Waals surface area contributed by atoms with Gasteiger partial charge in [-0.25, -0.2) is 4.98 Å². The van der Waals surface area contributed by atoms with Gasteiger partial charge in [0.25, 0.3) is 0 Å². The zero-order valence-corrected chi connectivity index (χ0v) is 7.59. The molecule has 0 unspecified atom stereocenters. The lowest BCUT2D eigenvalue weighted by atomic mass is 10.1. The van der Waals surface area contributed by atoms with E-state index in [-0.39, 0.29) is 0 Å². The molecule has 13 heavy (non-hydrogen) atoms. The van der Waals surface area contributed by atoms with Gasteiger partial charge in [0.15, 0.2) is 0 Å². The predicted molar refractivity (Wildman–Crippen MR) is 51.4 cm³/mol. The van der Waals surface area contributed by atoms with Gasteiger partial charge in [-0.15, -0.1) is 0 Å². The Labute approximate surface area is 78.2 Å². The molecule has 0 aliphatic heterocycles. The van der Waals surface area contributed by atoms with Crippen LogP contribution in [-0.4, -0.2) is 4.98 Å². The van der Waals surface area contributed by atoms with Crippen LogP contribution in [0.15, 0.2) is 6.07 Å². The van der Waals surface area contributed by atoms with Gasteiger partial charge in [-0.2, -0.15) is 0 Å². The van der Waals surface area contributed by atoms with Crippen LogP contribution in [0.25, 0.3) is 0 Å². The summed E-state index contributed by atoms with van der Waals surface area (Å²) >= 11 is 0. The van der Waals surface area contributed by atoms with Crippen molar-refractivity contribution in [1.82, 2.24) is 4.98 Å². The van der Waals surface area contributed by atoms with E-state index in [4.69, 9.17) is 5.73 Å². The highest BCUT2D eigenvalue weighted by molar-refractivity contribution is 5.39. The van der Waals surface area contributed by atoms with Crippen LogP contribution >= 0.6 is 0 Å². The average molecular weight is 173 g/mol. The molecular weight excluding hydrogens is 160 g/mol. The molecule has 0 aromatic carbocycles. The Balaban J connectivity index is 1.99. The van der Waals surface area contributed by atoms with E-state index in [0.29, 0.717) is 11.7 Å². The Hall–Kier alpha value is -1.05. The molecule has 0 spiro atoms.